The number of para-hydroxylation sites is 1. The van der Waals surface area contributed by atoms with Crippen molar-refractivity contribution >= 4 is 40.2 Å². The Morgan fingerprint density at radius 2 is 2.25 bits per heavy atom. The molecule has 2 aromatic rings. The molecule has 0 saturated heterocycles. The van der Waals surface area contributed by atoms with Crippen LogP contribution in [-0.2, 0) is 22.0 Å². The van der Waals surface area contributed by atoms with Crippen molar-refractivity contribution in [2.24, 2.45) is 0 Å². The zero-order valence-electron chi connectivity index (χ0n) is 11.2. The lowest BCUT2D eigenvalue weighted by atomic mass is 10.3. The molecule has 0 unspecified atom stereocenters. The molecule has 4 nitrogen and oxygen atoms in total. The number of benzene rings is 1. The second-order valence-corrected chi connectivity index (χ2v) is 5.00. The number of esters is 1. The molecule has 1 heterocycles. The van der Waals surface area contributed by atoms with Crippen molar-refractivity contribution in [2.75, 3.05) is 6.61 Å². The summed E-state index contributed by atoms with van der Waals surface area (Å²) in [6.07, 6.45) is 1.04. The van der Waals surface area contributed by atoms with E-state index in [1.165, 1.54) is 0 Å². The Hall–Kier alpha value is -1.26. The molecule has 0 atom stereocenters. The number of hydrogen-bond donors (Lipinski definition) is 0. The molecule has 0 spiro atoms. The van der Waals surface area contributed by atoms with E-state index in [1.54, 1.807) is 6.92 Å². The van der Waals surface area contributed by atoms with Crippen LogP contribution in [0.5, 0.6) is 0 Å². The first-order chi connectivity index (χ1) is 9.67. The quantitative estimate of drug-likeness (QED) is 0.602. The highest BCUT2D eigenvalue weighted by Crippen LogP contribution is 2.25. The monoisotopic (exact) mass is 314 g/mol. The normalized spacial score (nSPS) is 10.9. The number of hydrogen-bond acceptors (Lipinski definition) is 3. The summed E-state index contributed by atoms with van der Waals surface area (Å²) in [5, 5.41) is 0.641. The van der Waals surface area contributed by atoms with Crippen LogP contribution < -0.4 is 0 Å². The van der Waals surface area contributed by atoms with Crippen molar-refractivity contribution in [1.82, 2.24) is 9.55 Å². The Bertz CT molecular complexity index is 610. The summed E-state index contributed by atoms with van der Waals surface area (Å²) >= 11 is 12.2. The fourth-order valence-corrected chi connectivity index (χ4v) is 2.62. The maximum Gasteiger partial charge on any atom is 0.305 e. The van der Waals surface area contributed by atoms with Crippen molar-refractivity contribution < 1.29 is 9.53 Å². The maximum atomic E-state index is 11.4. The van der Waals surface area contributed by atoms with E-state index in [-0.39, 0.29) is 5.97 Å². The van der Waals surface area contributed by atoms with Crippen LogP contribution in [-0.4, -0.2) is 22.1 Å². The van der Waals surface area contributed by atoms with Crippen molar-refractivity contribution in [1.29, 1.82) is 0 Å². The van der Waals surface area contributed by atoms with Gasteiger partial charge in [-0.1, -0.05) is 17.7 Å². The van der Waals surface area contributed by atoms with E-state index < -0.39 is 0 Å². The average Bonchev–Trinajstić information content (AvgIpc) is 2.78. The minimum Gasteiger partial charge on any atom is -0.466 e. The number of carbonyl (C=O) groups excluding carboxylic acids is 1. The molecule has 0 amide bonds. The molecule has 0 aliphatic heterocycles. The SMILES string of the molecule is CCOC(=O)CCCn1c(CCl)nc2cccc(Cl)c21. The predicted octanol–water partition coefficient (Wildman–Crippen LogP) is 3.77. The molecule has 1 aromatic heterocycles. The fraction of sp³-hybridized carbons (Fsp3) is 0.429. The number of ether oxygens (including phenoxy) is 1. The highest BCUT2D eigenvalue weighted by molar-refractivity contribution is 6.35. The lowest BCUT2D eigenvalue weighted by Gasteiger charge is -2.08. The van der Waals surface area contributed by atoms with E-state index in [1.807, 2.05) is 22.8 Å². The first-order valence-corrected chi connectivity index (χ1v) is 7.43. The fourth-order valence-electron chi connectivity index (χ4n) is 2.15. The summed E-state index contributed by atoms with van der Waals surface area (Å²) in [6.45, 7) is 2.85. The van der Waals surface area contributed by atoms with Gasteiger partial charge in [0.25, 0.3) is 0 Å². The molecule has 0 aliphatic carbocycles. The van der Waals surface area contributed by atoms with Crippen LogP contribution in [0.1, 0.15) is 25.6 Å². The Kier molecular flexibility index (Phi) is 5.26. The molecule has 1 aromatic carbocycles. The van der Waals surface area contributed by atoms with E-state index in [4.69, 9.17) is 27.9 Å². The number of rotatable bonds is 6. The number of carbonyl (C=O) groups is 1. The van der Waals surface area contributed by atoms with E-state index >= 15 is 0 Å². The van der Waals surface area contributed by atoms with Crippen LogP contribution in [0.15, 0.2) is 18.2 Å². The standard InChI is InChI=1S/C14H16Cl2N2O2/c1-2-20-13(19)7-4-8-18-12(9-15)17-11-6-3-5-10(16)14(11)18/h3,5-6H,2,4,7-9H2,1H3. The number of halogens is 2. The molecular formula is C14H16Cl2N2O2. The molecule has 0 radical (unpaired) electrons. The molecule has 0 N–H and O–H groups in total. The van der Waals surface area contributed by atoms with Crippen LogP contribution in [0.25, 0.3) is 11.0 Å². The van der Waals surface area contributed by atoms with Gasteiger partial charge in [0.15, 0.2) is 0 Å². The first-order valence-electron chi connectivity index (χ1n) is 6.52. The third-order valence-electron chi connectivity index (χ3n) is 2.98. The lowest BCUT2D eigenvalue weighted by Crippen LogP contribution is -2.08. The molecule has 20 heavy (non-hydrogen) atoms. The summed E-state index contributed by atoms with van der Waals surface area (Å²) in [5.41, 5.74) is 1.69. The zero-order valence-corrected chi connectivity index (χ0v) is 12.7. The minimum atomic E-state index is -0.185. The Balaban J connectivity index is 2.18. The van der Waals surface area contributed by atoms with Gasteiger partial charge in [-0.25, -0.2) is 4.98 Å². The number of aryl methyl sites for hydroxylation is 1. The number of nitrogens with zero attached hydrogens (tertiary/aromatic N) is 2. The molecular weight excluding hydrogens is 299 g/mol. The van der Waals surface area contributed by atoms with Crippen molar-refractivity contribution in [3.63, 3.8) is 0 Å². The third-order valence-corrected chi connectivity index (χ3v) is 3.53. The van der Waals surface area contributed by atoms with Crippen LogP contribution in [0.2, 0.25) is 5.02 Å². The zero-order chi connectivity index (χ0) is 14.5. The first kappa shape index (κ1) is 15.1. The highest BCUT2D eigenvalue weighted by atomic mass is 35.5. The molecule has 0 saturated carbocycles. The van der Waals surface area contributed by atoms with Crippen LogP contribution >= 0.6 is 23.2 Å². The number of fused-ring (bicyclic) bond motifs is 1. The third kappa shape index (κ3) is 3.25. The van der Waals surface area contributed by atoms with Gasteiger partial charge in [0.1, 0.15) is 5.82 Å². The smallest absolute Gasteiger partial charge is 0.305 e. The second kappa shape index (κ2) is 6.95. The predicted molar refractivity (Wildman–Crippen MR) is 80.2 cm³/mol. The van der Waals surface area contributed by atoms with E-state index in [0.717, 1.165) is 16.9 Å². The maximum absolute atomic E-state index is 11.4. The number of aromatic nitrogens is 2. The van der Waals surface area contributed by atoms with Gasteiger partial charge < -0.3 is 9.30 Å². The number of alkyl halides is 1. The second-order valence-electron chi connectivity index (χ2n) is 4.33. The van der Waals surface area contributed by atoms with Crippen LogP contribution in [0.4, 0.5) is 0 Å². The van der Waals surface area contributed by atoms with Crippen molar-refractivity contribution in [3.8, 4) is 0 Å². The van der Waals surface area contributed by atoms with Gasteiger partial charge in [-0.15, -0.1) is 11.6 Å². The summed E-state index contributed by atoms with van der Waals surface area (Å²) < 4.78 is 6.89. The summed E-state index contributed by atoms with van der Waals surface area (Å²) in [6, 6.07) is 5.59. The van der Waals surface area contributed by atoms with Gasteiger partial charge >= 0.3 is 5.97 Å². The van der Waals surface area contributed by atoms with Gasteiger partial charge in [0.2, 0.25) is 0 Å². The van der Waals surface area contributed by atoms with Gasteiger partial charge in [0.05, 0.1) is 28.5 Å². The molecule has 0 bridgehead atoms. The molecule has 108 valence electrons. The van der Waals surface area contributed by atoms with Crippen LogP contribution in [0, 0.1) is 0 Å². The highest BCUT2D eigenvalue weighted by Gasteiger charge is 2.13. The van der Waals surface area contributed by atoms with Crippen LogP contribution in [0.3, 0.4) is 0 Å². The summed E-state index contributed by atoms with van der Waals surface area (Å²) in [4.78, 5) is 15.8. The average molecular weight is 315 g/mol. The molecule has 6 heteroatoms. The topological polar surface area (TPSA) is 44.1 Å². The Morgan fingerprint density at radius 3 is 2.95 bits per heavy atom. The van der Waals surface area contributed by atoms with E-state index in [0.29, 0.717) is 36.9 Å². The van der Waals surface area contributed by atoms with E-state index in [2.05, 4.69) is 4.98 Å². The molecule has 0 fully saturated rings. The Labute approximate surface area is 127 Å². The molecule has 2 rings (SSSR count). The summed E-state index contributed by atoms with van der Waals surface area (Å²) in [7, 11) is 0. The minimum absolute atomic E-state index is 0.185. The Morgan fingerprint density at radius 1 is 1.45 bits per heavy atom. The van der Waals surface area contributed by atoms with Gasteiger partial charge in [-0.2, -0.15) is 0 Å². The van der Waals surface area contributed by atoms with E-state index in [9.17, 15) is 4.79 Å². The number of imidazole rings is 1. The van der Waals surface area contributed by atoms with Crippen molar-refractivity contribution in [3.05, 3.63) is 29.0 Å². The lowest BCUT2D eigenvalue weighted by molar-refractivity contribution is -0.143. The van der Waals surface area contributed by atoms with Gasteiger partial charge in [-0.3, -0.25) is 4.79 Å². The van der Waals surface area contributed by atoms with Crippen molar-refractivity contribution in [2.45, 2.75) is 32.2 Å². The molecule has 0 aliphatic rings. The van der Waals surface area contributed by atoms with Gasteiger partial charge in [-0.05, 0) is 25.5 Å². The summed E-state index contributed by atoms with van der Waals surface area (Å²) in [5.74, 6) is 0.888. The van der Waals surface area contributed by atoms with Gasteiger partial charge in [0, 0.05) is 13.0 Å². The largest absolute Gasteiger partial charge is 0.466 e.